The lowest BCUT2D eigenvalue weighted by molar-refractivity contribution is -0.141. The molecule has 4 heteroatoms. The molecule has 0 atom stereocenters. The number of hydrogen-bond acceptors (Lipinski definition) is 3. The predicted octanol–water partition coefficient (Wildman–Crippen LogP) is 0.655. The monoisotopic (exact) mass is 202 g/mol. The van der Waals surface area contributed by atoms with Crippen LogP contribution in [0.25, 0.3) is 0 Å². The van der Waals surface area contributed by atoms with Crippen molar-refractivity contribution in [3.05, 3.63) is 0 Å². The summed E-state index contributed by atoms with van der Waals surface area (Å²) in [6, 6.07) is 0. The Morgan fingerprint density at radius 3 is 2.21 bits per heavy atom. The number of nitrogens with two attached hydrogens (primary N) is 1. The summed E-state index contributed by atoms with van der Waals surface area (Å²) in [5, 5.41) is 2.90. The minimum Gasteiger partial charge on any atom is -0.369 e. The van der Waals surface area contributed by atoms with Crippen molar-refractivity contribution >= 4 is 5.91 Å². The maximum atomic E-state index is 11.7. The van der Waals surface area contributed by atoms with Gasteiger partial charge in [-0.05, 0) is 40.7 Å². The van der Waals surface area contributed by atoms with Crippen LogP contribution in [0.2, 0.25) is 0 Å². The largest absolute Gasteiger partial charge is 0.369 e. The van der Waals surface area contributed by atoms with Crippen LogP contribution in [0.5, 0.6) is 0 Å². The molecule has 0 aliphatic heterocycles. The van der Waals surface area contributed by atoms with E-state index in [0.29, 0.717) is 6.54 Å². The molecule has 0 aromatic heterocycles. The van der Waals surface area contributed by atoms with Gasteiger partial charge in [-0.15, -0.1) is 0 Å². The highest BCUT2D eigenvalue weighted by atomic mass is 16.5. The molecular formula is C10H22N2O2. The molecule has 0 aromatic carbocycles. The molecule has 0 saturated heterocycles. The number of hydrogen-bond donors (Lipinski definition) is 2. The lowest BCUT2D eigenvalue weighted by Gasteiger charge is -2.31. The third-order valence-electron chi connectivity index (χ3n) is 2.28. The van der Waals surface area contributed by atoms with Crippen molar-refractivity contribution in [3.63, 3.8) is 0 Å². The fourth-order valence-electron chi connectivity index (χ4n) is 0.974. The lowest BCUT2D eigenvalue weighted by atomic mass is 9.98. The second kappa shape index (κ2) is 4.75. The van der Waals surface area contributed by atoms with Crippen LogP contribution in [-0.2, 0) is 9.53 Å². The average Bonchev–Trinajstić information content (AvgIpc) is 2.03. The van der Waals surface area contributed by atoms with Gasteiger partial charge in [-0.1, -0.05) is 0 Å². The zero-order valence-electron chi connectivity index (χ0n) is 9.81. The smallest absolute Gasteiger partial charge is 0.252 e. The molecule has 0 unspecified atom stereocenters. The van der Waals surface area contributed by atoms with Gasteiger partial charge in [0, 0.05) is 12.6 Å². The van der Waals surface area contributed by atoms with E-state index >= 15 is 0 Å². The van der Waals surface area contributed by atoms with E-state index in [2.05, 4.69) is 5.32 Å². The predicted molar refractivity (Wildman–Crippen MR) is 57.0 cm³/mol. The molecule has 0 saturated carbocycles. The topological polar surface area (TPSA) is 64.3 Å². The first-order valence-electron chi connectivity index (χ1n) is 4.83. The molecule has 0 bridgehead atoms. The van der Waals surface area contributed by atoms with Gasteiger partial charge in [0.2, 0.25) is 0 Å². The second-order valence-electron chi connectivity index (χ2n) is 4.59. The van der Waals surface area contributed by atoms with Crippen LogP contribution in [0.1, 0.15) is 34.1 Å². The minimum atomic E-state index is -0.786. The number of rotatable bonds is 5. The molecule has 0 aliphatic rings. The molecule has 3 N–H and O–H groups in total. The zero-order valence-corrected chi connectivity index (χ0v) is 9.81. The average molecular weight is 202 g/mol. The maximum absolute atomic E-state index is 11.7. The van der Waals surface area contributed by atoms with Gasteiger partial charge in [-0.25, -0.2) is 0 Å². The van der Waals surface area contributed by atoms with Gasteiger partial charge in [0.25, 0.3) is 5.91 Å². The van der Waals surface area contributed by atoms with Crippen molar-refractivity contribution < 1.29 is 9.53 Å². The van der Waals surface area contributed by atoms with Crippen LogP contribution < -0.4 is 11.1 Å². The Hall–Kier alpha value is -0.610. The number of carbonyl (C=O) groups is 1. The highest BCUT2D eigenvalue weighted by Crippen LogP contribution is 2.12. The van der Waals surface area contributed by atoms with Crippen molar-refractivity contribution in [1.29, 1.82) is 0 Å². The Kier molecular flexibility index (Phi) is 4.55. The van der Waals surface area contributed by atoms with E-state index in [9.17, 15) is 4.79 Å². The van der Waals surface area contributed by atoms with E-state index < -0.39 is 5.60 Å². The first-order chi connectivity index (χ1) is 6.25. The fourth-order valence-corrected chi connectivity index (χ4v) is 0.974. The van der Waals surface area contributed by atoms with Gasteiger partial charge in [-0.3, -0.25) is 4.79 Å². The van der Waals surface area contributed by atoms with Gasteiger partial charge in [0.05, 0.1) is 0 Å². The third kappa shape index (κ3) is 4.07. The number of methoxy groups -OCH3 is 1. The van der Waals surface area contributed by atoms with E-state index in [1.165, 1.54) is 7.11 Å². The summed E-state index contributed by atoms with van der Waals surface area (Å²) in [5.41, 5.74) is 4.39. The number of amides is 1. The standard InChI is InChI=1S/C10H22N2O2/c1-9(2,6-7-11)12-8(13)10(3,4)14-5/h6-7,11H2,1-5H3,(H,12,13). The Morgan fingerprint density at radius 2 is 1.86 bits per heavy atom. The molecule has 84 valence electrons. The van der Waals surface area contributed by atoms with E-state index in [-0.39, 0.29) is 11.4 Å². The highest BCUT2D eigenvalue weighted by molar-refractivity contribution is 5.84. The van der Waals surface area contributed by atoms with Crippen LogP contribution in [0.4, 0.5) is 0 Å². The van der Waals surface area contributed by atoms with Crippen molar-refractivity contribution in [2.24, 2.45) is 5.73 Å². The van der Waals surface area contributed by atoms with Crippen molar-refractivity contribution in [3.8, 4) is 0 Å². The Morgan fingerprint density at radius 1 is 1.36 bits per heavy atom. The molecule has 0 spiro atoms. The second-order valence-corrected chi connectivity index (χ2v) is 4.59. The molecular weight excluding hydrogens is 180 g/mol. The van der Waals surface area contributed by atoms with Gasteiger partial charge in [0.1, 0.15) is 5.60 Å². The summed E-state index contributed by atoms with van der Waals surface area (Å²) in [7, 11) is 1.52. The molecule has 14 heavy (non-hydrogen) atoms. The van der Waals surface area contributed by atoms with Crippen LogP contribution in [-0.4, -0.2) is 30.7 Å². The number of nitrogens with one attached hydrogen (secondary N) is 1. The van der Waals surface area contributed by atoms with Gasteiger partial charge < -0.3 is 15.8 Å². The lowest BCUT2D eigenvalue weighted by Crippen LogP contribution is -2.53. The first kappa shape index (κ1) is 13.4. The molecule has 1 amide bonds. The summed E-state index contributed by atoms with van der Waals surface area (Å²) >= 11 is 0. The van der Waals surface area contributed by atoms with Crippen molar-refractivity contribution in [1.82, 2.24) is 5.32 Å². The minimum absolute atomic E-state index is 0.113. The SMILES string of the molecule is COC(C)(C)C(=O)NC(C)(C)CCN. The quantitative estimate of drug-likeness (QED) is 0.688. The van der Waals surface area contributed by atoms with Crippen molar-refractivity contribution in [2.45, 2.75) is 45.3 Å². The van der Waals surface area contributed by atoms with E-state index in [1.54, 1.807) is 13.8 Å². The molecule has 0 fully saturated rings. The molecule has 0 aromatic rings. The molecule has 0 aliphatic carbocycles. The Bertz CT molecular complexity index is 200. The van der Waals surface area contributed by atoms with Crippen LogP contribution in [0, 0.1) is 0 Å². The summed E-state index contributed by atoms with van der Waals surface area (Å²) in [6.07, 6.45) is 0.749. The van der Waals surface area contributed by atoms with E-state index in [4.69, 9.17) is 10.5 Å². The van der Waals surface area contributed by atoms with E-state index in [1.807, 2.05) is 13.8 Å². The highest BCUT2D eigenvalue weighted by Gasteiger charge is 2.31. The van der Waals surface area contributed by atoms with Crippen LogP contribution in [0.15, 0.2) is 0 Å². The summed E-state index contributed by atoms with van der Waals surface area (Å²) in [5.74, 6) is -0.113. The molecule has 0 rings (SSSR count). The number of ether oxygens (including phenoxy) is 1. The van der Waals surface area contributed by atoms with Gasteiger partial charge in [-0.2, -0.15) is 0 Å². The summed E-state index contributed by atoms with van der Waals surface area (Å²) in [6.45, 7) is 7.93. The zero-order chi connectivity index (χ0) is 11.4. The summed E-state index contributed by atoms with van der Waals surface area (Å²) in [4.78, 5) is 11.7. The normalized spacial score (nSPS) is 12.7. The molecule has 0 heterocycles. The van der Waals surface area contributed by atoms with Crippen molar-refractivity contribution in [2.75, 3.05) is 13.7 Å². The fraction of sp³-hybridized carbons (Fsp3) is 0.900. The maximum Gasteiger partial charge on any atom is 0.252 e. The van der Waals surface area contributed by atoms with E-state index in [0.717, 1.165) is 6.42 Å². The third-order valence-corrected chi connectivity index (χ3v) is 2.28. The van der Waals surface area contributed by atoms with Crippen LogP contribution >= 0.6 is 0 Å². The first-order valence-corrected chi connectivity index (χ1v) is 4.83. The van der Waals surface area contributed by atoms with Gasteiger partial charge >= 0.3 is 0 Å². The van der Waals surface area contributed by atoms with Crippen LogP contribution in [0.3, 0.4) is 0 Å². The Labute approximate surface area is 86.2 Å². The number of carbonyl (C=O) groups excluding carboxylic acids is 1. The summed E-state index contributed by atoms with van der Waals surface area (Å²) < 4.78 is 5.08. The molecule has 0 radical (unpaired) electrons. The Balaban J connectivity index is 4.31. The van der Waals surface area contributed by atoms with Gasteiger partial charge in [0.15, 0.2) is 0 Å². The molecule has 4 nitrogen and oxygen atoms in total.